The number of amides is 3. The average molecular weight is 448 g/mol. The number of rotatable bonds is 11. The van der Waals surface area contributed by atoms with Gasteiger partial charge in [0.05, 0.1) is 6.04 Å². The lowest BCUT2D eigenvalue weighted by molar-refractivity contribution is -0.143. The Morgan fingerprint density at radius 2 is 1.78 bits per heavy atom. The summed E-state index contributed by atoms with van der Waals surface area (Å²) in [5.74, 6) is -4.00. The molecule has 1 aliphatic heterocycles. The number of carbonyl (C=O) groups excluding carboxylic acids is 3. The maximum atomic E-state index is 13.3. The lowest BCUT2D eigenvalue weighted by Gasteiger charge is -2.29. The van der Waals surface area contributed by atoms with Crippen LogP contribution in [0.15, 0.2) is 30.3 Å². The van der Waals surface area contributed by atoms with E-state index >= 15 is 0 Å². The molecule has 0 bridgehead atoms. The number of nitrogens with two attached hydrogens (primary N) is 1. The van der Waals surface area contributed by atoms with Gasteiger partial charge in [-0.3, -0.25) is 24.0 Å². The van der Waals surface area contributed by atoms with Crippen LogP contribution >= 0.6 is 0 Å². The molecule has 1 saturated heterocycles. The van der Waals surface area contributed by atoms with Gasteiger partial charge in [0.15, 0.2) is 0 Å². The molecule has 1 aliphatic rings. The molecule has 3 unspecified atom stereocenters. The summed E-state index contributed by atoms with van der Waals surface area (Å²) in [5, 5.41) is 22.4. The van der Waals surface area contributed by atoms with Crippen LogP contribution in [0, 0.1) is 0 Å². The lowest BCUT2D eigenvalue weighted by Crippen LogP contribution is -2.56. The van der Waals surface area contributed by atoms with Gasteiger partial charge in [-0.1, -0.05) is 30.3 Å². The number of nitrogens with one attached hydrogen (secondary N) is 2. The van der Waals surface area contributed by atoms with Crippen LogP contribution in [0.2, 0.25) is 0 Å². The van der Waals surface area contributed by atoms with E-state index in [-0.39, 0.29) is 25.8 Å². The molecule has 11 heteroatoms. The number of nitrogens with zero attached hydrogens (tertiary/aromatic N) is 1. The van der Waals surface area contributed by atoms with Crippen molar-refractivity contribution in [1.82, 2.24) is 15.5 Å². The first-order valence-electron chi connectivity index (χ1n) is 10.3. The van der Waals surface area contributed by atoms with Gasteiger partial charge in [-0.25, -0.2) is 0 Å². The highest BCUT2D eigenvalue weighted by Gasteiger charge is 2.38. The molecule has 1 aromatic carbocycles. The SMILES string of the molecule is NC(CCC(=O)O)C(=O)NC(Cc1ccccc1)C(=O)N1CCCC1C(=O)NCC(=O)O. The third-order valence-corrected chi connectivity index (χ3v) is 5.16. The van der Waals surface area contributed by atoms with E-state index in [1.54, 1.807) is 24.3 Å². The first kappa shape index (κ1) is 24.8. The Labute approximate surface area is 184 Å². The maximum Gasteiger partial charge on any atom is 0.322 e. The highest BCUT2D eigenvalue weighted by atomic mass is 16.4. The van der Waals surface area contributed by atoms with Gasteiger partial charge in [0.2, 0.25) is 17.7 Å². The smallest absolute Gasteiger partial charge is 0.322 e. The van der Waals surface area contributed by atoms with E-state index in [4.69, 9.17) is 15.9 Å². The summed E-state index contributed by atoms with van der Waals surface area (Å²) >= 11 is 0. The van der Waals surface area contributed by atoms with E-state index in [9.17, 15) is 24.0 Å². The van der Waals surface area contributed by atoms with Gasteiger partial charge in [-0.05, 0) is 24.8 Å². The van der Waals surface area contributed by atoms with Crippen molar-refractivity contribution in [3.8, 4) is 0 Å². The molecule has 1 heterocycles. The summed E-state index contributed by atoms with van der Waals surface area (Å²) in [5.41, 5.74) is 6.56. The monoisotopic (exact) mass is 448 g/mol. The zero-order valence-electron chi connectivity index (χ0n) is 17.5. The van der Waals surface area contributed by atoms with E-state index in [1.807, 2.05) is 6.07 Å². The highest BCUT2D eigenvalue weighted by Crippen LogP contribution is 2.20. The van der Waals surface area contributed by atoms with Crippen molar-refractivity contribution in [2.45, 2.75) is 50.2 Å². The molecule has 2 rings (SSSR count). The average Bonchev–Trinajstić information content (AvgIpc) is 3.25. The first-order chi connectivity index (χ1) is 15.2. The van der Waals surface area contributed by atoms with Crippen LogP contribution in [-0.4, -0.2) is 76.0 Å². The van der Waals surface area contributed by atoms with Crippen LogP contribution in [-0.2, 0) is 30.4 Å². The predicted octanol–water partition coefficient (Wildman–Crippen LogP) is -0.902. The van der Waals surface area contributed by atoms with E-state index < -0.39 is 54.3 Å². The minimum absolute atomic E-state index is 0.0860. The number of aliphatic carboxylic acids is 2. The Morgan fingerprint density at radius 3 is 2.41 bits per heavy atom. The van der Waals surface area contributed by atoms with Gasteiger partial charge < -0.3 is 31.5 Å². The second-order valence-corrected chi connectivity index (χ2v) is 7.59. The molecule has 6 N–H and O–H groups in total. The quantitative estimate of drug-likeness (QED) is 0.289. The number of likely N-dealkylation sites (tertiary alicyclic amines) is 1. The molecule has 0 saturated carbocycles. The minimum Gasteiger partial charge on any atom is -0.481 e. The van der Waals surface area contributed by atoms with E-state index in [0.717, 1.165) is 5.56 Å². The van der Waals surface area contributed by atoms with Gasteiger partial charge in [0.25, 0.3) is 0 Å². The van der Waals surface area contributed by atoms with Gasteiger partial charge in [-0.15, -0.1) is 0 Å². The molecule has 0 spiro atoms. The highest BCUT2D eigenvalue weighted by molar-refractivity contribution is 5.94. The molecule has 32 heavy (non-hydrogen) atoms. The molecule has 3 atom stereocenters. The number of carboxylic acids is 2. The number of hydrogen-bond donors (Lipinski definition) is 5. The zero-order valence-corrected chi connectivity index (χ0v) is 17.5. The molecular weight excluding hydrogens is 420 g/mol. The molecule has 1 fully saturated rings. The van der Waals surface area contributed by atoms with Crippen LogP contribution in [0.3, 0.4) is 0 Å². The summed E-state index contributed by atoms with van der Waals surface area (Å²) in [7, 11) is 0. The lowest BCUT2D eigenvalue weighted by atomic mass is 10.0. The van der Waals surface area contributed by atoms with Crippen LogP contribution in [0.4, 0.5) is 0 Å². The second kappa shape index (κ2) is 11.8. The number of hydrogen-bond acceptors (Lipinski definition) is 6. The third kappa shape index (κ3) is 7.34. The number of carboxylic acid groups (broad SMARTS) is 2. The van der Waals surface area contributed by atoms with Crippen molar-refractivity contribution in [2.75, 3.05) is 13.1 Å². The maximum absolute atomic E-state index is 13.3. The van der Waals surface area contributed by atoms with Crippen LogP contribution in [0.5, 0.6) is 0 Å². The largest absolute Gasteiger partial charge is 0.481 e. The van der Waals surface area contributed by atoms with Gasteiger partial charge >= 0.3 is 11.9 Å². The normalized spacial score (nSPS) is 17.3. The van der Waals surface area contributed by atoms with E-state index in [0.29, 0.717) is 12.8 Å². The fraction of sp³-hybridized carbons (Fsp3) is 0.476. The Kier molecular flexibility index (Phi) is 9.14. The van der Waals surface area contributed by atoms with Gasteiger partial charge in [0.1, 0.15) is 18.6 Å². The number of carbonyl (C=O) groups is 5. The summed E-state index contributed by atoms with van der Waals surface area (Å²) in [6.07, 6.45) is 0.709. The fourth-order valence-electron chi connectivity index (χ4n) is 3.52. The van der Waals surface area contributed by atoms with E-state index in [1.165, 1.54) is 4.90 Å². The van der Waals surface area contributed by atoms with Crippen molar-refractivity contribution in [2.24, 2.45) is 5.73 Å². The Hall–Kier alpha value is -3.47. The van der Waals surface area contributed by atoms with Gasteiger partial charge in [-0.2, -0.15) is 0 Å². The van der Waals surface area contributed by atoms with Crippen molar-refractivity contribution >= 4 is 29.7 Å². The Bertz CT molecular complexity index is 846. The number of benzene rings is 1. The molecule has 174 valence electrons. The Morgan fingerprint density at radius 1 is 1.09 bits per heavy atom. The fourth-order valence-corrected chi connectivity index (χ4v) is 3.52. The summed E-state index contributed by atoms with van der Waals surface area (Å²) in [6.45, 7) is -0.268. The van der Waals surface area contributed by atoms with Crippen LogP contribution < -0.4 is 16.4 Å². The van der Waals surface area contributed by atoms with Crippen molar-refractivity contribution in [3.63, 3.8) is 0 Å². The summed E-state index contributed by atoms with van der Waals surface area (Å²) in [6, 6.07) is 6.00. The molecule has 0 aliphatic carbocycles. The molecular formula is C21H28N4O7. The molecule has 11 nitrogen and oxygen atoms in total. The van der Waals surface area contributed by atoms with Gasteiger partial charge in [0, 0.05) is 19.4 Å². The summed E-state index contributed by atoms with van der Waals surface area (Å²) < 4.78 is 0. The Balaban J connectivity index is 2.15. The summed E-state index contributed by atoms with van der Waals surface area (Å²) in [4.78, 5) is 61.0. The third-order valence-electron chi connectivity index (χ3n) is 5.16. The predicted molar refractivity (Wildman–Crippen MR) is 112 cm³/mol. The van der Waals surface area contributed by atoms with Crippen molar-refractivity contribution in [1.29, 1.82) is 0 Å². The molecule has 1 aromatic rings. The molecule has 0 radical (unpaired) electrons. The second-order valence-electron chi connectivity index (χ2n) is 7.59. The molecule has 3 amide bonds. The van der Waals surface area contributed by atoms with Crippen molar-refractivity contribution < 1.29 is 34.2 Å². The zero-order chi connectivity index (χ0) is 23.7. The standard InChI is InChI=1S/C21H28N4O7/c22-14(8-9-17(26)27)19(30)24-15(11-13-5-2-1-3-6-13)21(32)25-10-4-7-16(25)20(31)23-12-18(28)29/h1-3,5-6,14-16H,4,7-12,22H2,(H,23,31)(H,24,30)(H,26,27)(H,28,29). The van der Waals surface area contributed by atoms with Crippen LogP contribution in [0.1, 0.15) is 31.2 Å². The van der Waals surface area contributed by atoms with Crippen molar-refractivity contribution in [3.05, 3.63) is 35.9 Å². The minimum atomic E-state index is -1.20. The van der Waals surface area contributed by atoms with E-state index in [2.05, 4.69) is 10.6 Å². The topological polar surface area (TPSA) is 179 Å². The molecule has 0 aromatic heterocycles. The van der Waals surface area contributed by atoms with Crippen LogP contribution in [0.25, 0.3) is 0 Å². The first-order valence-corrected chi connectivity index (χ1v) is 10.3.